The number of piperazine rings is 1. The SMILES string of the molecule is O=C1OC(c2cccc3ccccc23)=NC1=C(C(=O)C1CCCCC1)N1CCNCC1. The van der Waals surface area contributed by atoms with Crippen molar-refractivity contribution in [2.75, 3.05) is 26.2 Å². The molecule has 0 unspecified atom stereocenters. The highest BCUT2D eigenvalue weighted by Crippen LogP contribution is 2.32. The van der Waals surface area contributed by atoms with Crippen molar-refractivity contribution < 1.29 is 14.3 Å². The number of nitrogens with zero attached hydrogens (tertiary/aromatic N) is 2. The number of esters is 1. The summed E-state index contributed by atoms with van der Waals surface area (Å²) in [5, 5.41) is 5.34. The van der Waals surface area contributed by atoms with Gasteiger partial charge < -0.3 is 15.0 Å². The number of aliphatic imine (C=N–C) groups is 1. The van der Waals surface area contributed by atoms with Gasteiger partial charge in [0.2, 0.25) is 5.90 Å². The minimum atomic E-state index is -0.527. The Balaban J connectivity index is 1.59. The van der Waals surface area contributed by atoms with E-state index < -0.39 is 5.97 Å². The molecule has 2 fully saturated rings. The lowest BCUT2D eigenvalue weighted by atomic mass is 9.84. The van der Waals surface area contributed by atoms with Gasteiger partial charge in [-0.1, -0.05) is 55.7 Å². The molecule has 1 aliphatic carbocycles. The number of rotatable bonds is 4. The topological polar surface area (TPSA) is 71.0 Å². The normalized spacial score (nSPS) is 21.7. The van der Waals surface area contributed by atoms with Crippen molar-refractivity contribution in [3.63, 3.8) is 0 Å². The number of hydrogen-bond acceptors (Lipinski definition) is 6. The molecule has 0 aromatic heterocycles. The highest BCUT2D eigenvalue weighted by atomic mass is 16.6. The van der Waals surface area contributed by atoms with Crippen LogP contribution >= 0.6 is 0 Å². The number of fused-ring (bicyclic) bond motifs is 1. The number of ketones is 1. The van der Waals surface area contributed by atoms with Crippen LogP contribution in [-0.2, 0) is 14.3 Å². The maximum absolute atomic E-state index is 13.6. The first-order valence-electron chi connectivity index (χ1n) is 11.3. The van der Waals surface area contributed by atoms with Crippen LogP contribution < -0.4 is 5.32 Å². The number of carbonyl (C=O) groups excluding carboxylic acids is 2. The molecule has 0 atom stereocenters. The third-order valence-electron chi connectivity index (χ3n) is 6.48. The molecule has 0 radical (unpaired) electrons. The Labute approximate surface area is 182 Å². The van der Waals surface area contributed by atoms with Gasteiger partial charge in [0.25, 0.3) is 0 Å². The summed E-state index contributed by atoms with van der Waals surface area (Å²) in [5.74, 6) is -0.228. The molecule has 2 aromatic rings. The van der Waals surface area contributed by atoms with Crippen molar-refractivity contribution in [2.45, 2.75) is 32.1 Å². The van der Waals surface area contributed by atoms with Gasteiger partial charge in [0.15, 0.2) is 11.5 Å². The van der Waals surface area contributed by atoms with E-state index in [-0.39, 0.29) is 23.3 Å². The van der Waals surface area contributed by atoms with Crippen molar-refractivity contribution >= 4 is 28.4 Å². The first-order chi connectivity index (χ1) is 15.2. The zero-order valence-corrected chi connectivity index (χ0v) is 17.6. The number of allylic oxidation sites excluding steroid dienone is 1. The van der Waals surface area contributed by atoms with Crippen molar-refractivity contribution in [3.8, 4) is 0 Å². The molecule has 160 valence electrons. The molecule has 3 aliphatic rings. The van der Waals surface area contributed by atoms with Crippen molar-refractivity contribution in [1.29, 1.82) is 0 Å². The van der Waals surface area contributed by atoms with E-state index in [2.05, 4.69) is 10.3 Å². The standard InChI is InChI=1S/C25H27N3O3/c29-23(18-8-2-1-3-9-18)22(28-15-13-26-14-16-28)21-25(30)31-24(27-21)20-12-6-10-17-7-4-5-11-19(17)20/h4-7,10-12,18,26H,1-3,8-9,13-16H2. The Morgan fingerprint density at radius 2 is 1.74 bits per heavy atom. The van der Waals surface area contributed by atoms with Crippen molar-refractivity contribution in [1.82, 2.24) is 10.2 Å². The predicted octanol–water partition coefficient (Wildman–Crippen LogP) is 3.41. The highest BCUT2D eigenvalue weighted by Gasteiger charge is 2.36. The lowest BCUT2D eigenvalue weighted by Gasteiger charge is -2.33. The van der Waals surface area contributed by atoms with Crippen LogP contribution in [0.25, 0.3) is 10.8 Å². The fraction of sp³-hybridized carbons (Fsp3) is 0.400. The second-order valence-electron chi connectivity index (χ2n) is 8.47. The zero-order valence-electron chi connectivity index (χ0n) is 17.6. The molecule has 2 heterocycles. The average Bonchev–Trinajstić information content (AvgIpc) is 3.21. The zero-order chi connectivity index (χ0) is 21.2. The monoisotopic (exact) mass is 417 g/mol. The van der Waals surface area contributed by atoms with Crippen molar-refractivity contribution in [3.05, 3.63) is 59.4 Å². The second kappa shape index (κ2) is 8.63. The Kier molecular flexibility index (Phi) is 5.55. The summed E-state index contributed by atoms with van der Waals surface area (Å²) in [6, 6.07) is 13.8. The van der Waals surface area contributed by atoms with Crippen LogP contribution in [0.4, 0.5) is 0 Å². The molecular weight excluding hydrogens is 390 g/mol. The number of nitrogens with one attached hydrogen (secondary N) is 1. The number of carbonyl (C=O) groups is 2. The fourth-order valence-electron chi connectivity index (χ4n) is 4.85. The summed E-state index contributed by atoms with van der Waals surface area (Å²) in [7, 11) is 0. The third-order valence-corrected chi connectivity index (χ3v) is 6.48. The highest BCUT2D eigenvalue weighted by molar-refractivity contribution is 6.18. The summed E-state index contributed by atoms with van der Waals surface area (Å²) in [6.07, 6.45) is 5.08. The molecule has 0 amide bonds. The first kappa shape index (κ1) is 19.9. The van der Waals surface area contributed by atoms with Gasteiger partial charge in [0, 0.05) is 37.7 Å². The minimum absolute atomic E-state index is 0.0317. The molecule has 1 saturated heterocycles. The van der Waals surface area contributed by atoms with Gasteiger partial charge in [-0.15, -0.1) is 0 Å². The molecule has 5 rings (SSSR count). The molecule has 31 heavy (non-hydrogen) atoms. The molecule has 6 nitrogen and oxygen atoms in total. The third kappa shape index (κ3) is 3.88. The smallest absolute Gasteiger partial charge is 0.366 e. The summed E-state index contributed by atoms with van der Waals surface area (Å²) in [5.41, 5.74) is 1.39. The van der Waals surface area contributed by atoms with E-state index in [4.69, 9.17) is 4.74 Å². The van der Waals surface area contributed by atoms with Crippen LogP contribution in [-0.4, -0.2) is 48.7 Å². The van der Waals surface area contributed by atoms with Crippen LogP contribution in [0.2, 0.25) is 0 Å². The van der Waals surface area contributed by atoms with E-state index in [1.165, 1.54) is 6.42 Å². The van der Waals surface area contributed by atoms with Gasteiger partial charge in [-0.05, 0) is 29.7 Å². The molecular formula is C25H27N3O3. The number of Topliss-reactive ketones (excluding diaryl/α,β-unsaturated/α-hetero) is 1. The maximum atomic E-state index is 13.6. The maximum Gasteiger partial charge on any atom is 0.366 e. The van der Waals surface area contributed by atoms with Gasteiger partial charge in [-0.25, -0.2) is 9.79 Å². The molecule has 6 heteroatoms. The number of benzene rings is 2. The summed E-state index contributed by atoms with van der Waals surface area (Å²) in [4.78, 5) is 33.2. The number of hydrogen-bond donors (Lipinski definition) is 1. The molecule has 0 bridgehead atoms. The largest absolute Gasteiger partial charge is 0.402 e. The molecule has 1 saturated carbocycles. The van der Waals surface area contributed by atoms with E-state index in [1.54, 1.807) is 0 Å². The average molecular weight is 418 g/mol. The van der Waals surface area contributed by atoms with Crippen LogP contribution in [0.15, 0.2) is 58.9 Å². The van der Waals surface area contributed by atoms with Gasteiger partial charge in [0.1, 0.15) is 5.70 Å². The summed E-state index contributed by atoms with van der Waals surface area (Å²) >= 11 is 0. The Bertz CT molecular complexity index is 1070. The lowest BCUT2D eigenvalue weighted by Crippen LogP contribution is -2.46. The molecule has 1 N–H and O–H groups in total. The first-order valence-corrected chi connectivity index (χ1v) is 11.3. The Morgan fingerprint density at radius 3 is 2.55 bits per heavy atom. The van der Waals surface area contributed by atoms with E-state index in [9.17, 15) is 9.59 Å². The molecule has 2 aromatic carbocycles. The Hall–Kier alpha value is -2.99. The second-order valence-corrected chi connectivity index (χ2v) is 8.47. The van der Waals surface area contributed by atoms with Crippen molar-refractivity contribution in [2.24, 2.45) is 10.9 Å². The summed E-state index contributed by atoms with van der Waals surface area (Å²) < 4.78 is 5.64. The van der Waals surface area contributed by atoms with Crippen LogP contribution in [0.3, 0.4) is 0 Å². The summed E-state index contributed by atoms with van der Waals surface area (Å²) in [6.45, 7) is 2.93. The molecule has 0 spiro atoms. The van der Waals surface area contributed by atoms with Gasteiger partial charge in [-0.2, -0.15) is 0 Å². The van der Waals surface area contributed by atoms with E-state index in [0.29, 0.717) is 18.8 Å². The number of ether oxygens (including phenoxy) is 1. The van der Waals surface area contributed by atoms with Crippen LogP contribution in [0.1, 0.15) is 37.7 Å². The van der Waals surface area contributed by atoms with Crippen LogP contribution in [0, 0.1) is 5.92 Å². The van der Waals surface area contributed by atoms with Gasteiger partial charge in [-0.3, -0.25) is 4.79 Å². The van der Waals surface area contributed by atoms with E-state index >= 15 is 0 Å². The van der Waals surface area contributed by atoms with Gasteiger partial charge in [0.05, 0.1) is 0 Å². The van der Waals surface area contributed by atoms with Crippen LogP contribution in [0.5, 0.6) is 0 Å². The van der Waals surface area contributed by atoms with E-state index in [1.807, 2.05) is 47.4 Å². The lowest BCUT2D eigenvalue weighted by molar-refractivity contribution is -0.131. The fourth-order valence-corrected chi connectivity index (χ4v) is 4.85. The number of cyclic esters (lactones) is 1. The van der Waals surface area contributed by atoms with Gasteiger partial charge >= 0.3 is 5.97 Å². The molecule has 2 aliphatic heterocycles. The minimum Gasteiger partial charge on any atom is -0.402 e. The quantitative estimate of drug-likeness (QED) is 0.610. The predicted molar refractivity (Wildman–Crippen MR) is 120 cm³/mol. The van der Waals surface area contributed by atoms with E-state index in [0.717, 1.165) is 55.1 Å². The Morgan fingerprint density at radius 1 is 1.00 bits per heavy atom.